The number of hydrogen-bond donors (Lipinski definition) is 3. The van der Waals surface area contributed by atoms with Crippen LogP contribution in [-0.4, -0.2) is 31.7 Å². The van der Waals surface area contributed by atoms with Gasteiger partial charge in [0.2, 0.25) is 5.95 Å². The lowest BCUT2D eigenvalue weighted by molar-refractivity contribution is 1.08. The summed E-state index contributed by atoms with van der Waals surface area (Å²) >= 11 is 0. The Labute approximate surface area is 109 Å². The number of nitrogen functional groups attached to an aromatic ring is 1. The van der Waals surface area contributed by atoms with Crippen molar-refractivity contribution in [1.82, 2.24) is 25.1 Å². The first-order chi connectivity index (χ1) is 9.28. The minimum Gasteiger partial charge on any atom is -0.370 e. The van der Waals surface area contributed by atoms with Crippen molar-refractivity contribution in [2.45, 2.75) is 6.92 Å². The number of aromatic amines is 1. The number of rotatable bonds is 3. The number of fused-ring (bicyclic) bond motifs is 1. The predicted molar refractivity (Wildman–Crippen MR) is 73.5 cm³/mol. The molecule has 96 valence electrons. The Morgan fingerprint density at radius 1 is 1.21 bits per heavy atom. The molecule has 0 amide bonds. The van der Waals surface area contributed by atoms with Crippen LogP contribution in [0.4, 0.5) is 11.8 Å². The van der Waals surface area contributed by atoms with E-state index in [1.165, 1.54) is 0 Å². The van der Waals surface area contributed by atoms with Gasteiger partial charge in [0.25, 0.3) is 0 Å². The Morgan fingerprint density at radius 3 is 2.84 bits per heavy atom. The van der Waals surface area contributed by atoms with Gasteiger partial charge in [-0.25, -0.2) is 4.98 Å². The average molecular weight is 255 g/mol. The topological polar surface area (TPSA) is 105 Å². The first-order valence-electron chi connectivity index (χ1n) is 5.96. The second-order valence-corrected chi connectivity index (χ2v) is 4.00. The first-order valence-corrected chi connectivity index (χ1v) is 5.96. The van der Waals surface area contributed by atoms with Gasteiger partial charge in [-0.1, -0.05) is 0 Å². The van der Waals surface area contributed by atoms with E-state index in [1.807, 2.05) is 25.1 Å². The van der Waals surface area contributed by atoms with Gasteiger partial charge in [0.1, 0.15) is 5.82 Å². The maximum absolute atomic E-state index is 5.70. The molecular weight excluding hydrogens is 242 g/mol. The molecule has 0 unspecified atom stereocenters. The quantitative estimate of drug-likeness (QED) is 0.653. The van der Waals surface area contributed by atoms with Crippen molar-refractivity contribution in [3.63, 3.8) is 0 Å². The normalized spacial score (nSPS) is 10.8. The molecule has 3 aromatic heterocycles. The zero-order valence-electron chi connectivity index (χ0n) is 10.4. The van der Waals surface area contributed by atoms with Crippen LogP contribution in [0.25, 0.3) is 22.4 Å². The van der Waals surface area contributed by atoms with Gasteiger partial charge in [0.15, 0.2) is 5.65 Å². The van der Waals surface area contributed by atoms with Crippen LogP contribution in [0.2, 0.25) is 0 Å². The van der Waals surface area contributed by atoms with Crippen molar-refractivity contribution in [3.05, 3.63) is 24.4 Å². The molecule has 0 bridgehead atoms. The summed E-state index contributed by atoms with van der Waals surface area (Å²) in [5, 5.41) is 10.8. The highest BCUT2D eigenvalue weighted by molar-refractivity contribution is 5.88. The Hall–Kier alpha value is -2.70. The number of nitrogens with zero attached hydrogens (tertiary/aromatic N) is 4. The highest BCUT2D eigenvalue weighted by Crippen LogP contribution is 2.23. The lowest BCUT2D eigenvalue weighted by atomic mass is 10.2. The molecule has 3 rings (SSSR count). The average Bonchev–Trinajstić information content (AvgIpc) is 2.92. The predicted octanol–water partition coefficient (Wildman–Crippen LogP) is 1.43. The van der Waals surface area contributed by atoms with E-state index in [0.29, 0.717) is 11.5 Å². The van der Waals surface area contributed by atoms with Crippen molar-refractivity contribution in [2.24, 2.45) is 0 Å². The Morgan fingerprint density at radius 2 is 2.11 bits per heavy atom. The van der Waals surface area contributed by atoms with Gasteiger partial charge in [0.05, 0.1) is 16.8 Å². The largest absolute Gasteiger partial charge is 0.370 e. The van der Waals surface area contributed by atoms with Crippen LogP contribution in [0.3, 0.4) is 0 Å². The van der Waals surface area contributed by atoms with Gasteiger partial charge in [-0.3, -0.25) is 5.10 Å². The smallest absolute Gasteiger partial charge is 0.224 e. The van der Waals surface area contributed by atoms with Gasteiger partial charge >= 0.3 is 0 Å². The summed E-state index contributed by atoms with van der Waals surface area (Å²) in [6.07, 6.45) is 1.68. The fourth-order valence-corrected chi connectivity index (χ4v) is 1.88. The van der Waals surface area contributed by atoms with Gasteiger partial charge in [0, 0.05) is 12.7 Å². The molecule has 0 saturated heterocycles. The molecule has 0 atom stereocenters. The van der Waals surface area contributed by atoms with Gasteiger partial charge in [-0.05, 0) is 25.1 Å². The minimum atomic E-state index is 0.206. The highest BCUT2D eigenvalue weighted by Gasteiger charge is 2.09. The van der Waals surface area contributed by atoms with E-state index in [9.17, 15) is 0 Å². The lowest BCUT2D eigenvalue weighted by Crippen LogP contribution is -2.05. The number of hydrogen-bond acceptors (Lipinski definition) is 6. The molecule has 0 aliphatic carbocycles. The third-order valence-corrected chi connectivity index (χ3v) is 2.70. The van der Waals surface area contributed by atoms with Crippen molar-refractivity contribution in [1.29, 1.82) is 0 Å². The first kappa shape index (κ1) is 11.4. The monoisotopic (exact) mass is 255 g/mol. The summed E-state index contributed by atoms with van der Waals surface area (Å²) in [4.78, 5) is 12.8. The molecule has 19 heavy (non-hydrogen) atoms. The molecule has 0 aliphatic heterocycles. The van der Waals surface area contributed by atoms with Gasteiger partial charge in [-0.15, -0.1) is 0 Å². The van der Waals surface area contributed by atoms with Crippen LogP contribution >= 0.6 is 0 Å². The Kier molecular flexibility index (Phi) is 2.71. The SMILES string of the molecule is CCNc1nc(N)nc2nc(-c3ccn[nH]3)ccc12. The number of anilines is 2. The summed E-state index contributed by atoms with van der Waals surface area (Å²) < 4.78 is 0. The zero-order chi connectivity index (χ0) is 13.2. The molecule has 0 spiro atoms. The number of H-pyrrole nitrogens is 1. The van der Waals surface area contributed by atoms with Crippen molar-refractivity contribution < 1.29 is 0 Å². The van der Waals surface area contributed by atoms with Crippen LogP contribution in [0, 0.1) is 0 Å². The molecule has 4 N–H and O–H groups in total. The van der Waals surface area contributed by atoms with Crippen molar-refractivity contribution >= 4 is 22.8 Å². The second kappa shape index (κ2) is 4.52. The molecule has 7 nitrogen and oxygen atoms in total. The molecule has 7 heteroatoms. The van der Waals surface area contributed by atoms with E-state index in [4.69, 9.17) is 5.73 Å². The van der Waals surface area contributed by atoms with E-state index in [1.54, 1.807) is 6.20 Å². The van der Waals surface area contributed by atoms with E-state index in [2.05, 4.69) is 30.5 Å². The van der Waals surface area contributed by atoms with Crippen LogP contribution in [0.5, 0.6) is 0 Å². The maximum atomic E-state index is 5.70. The molecule has 3 aromatic rings. The summed E-state index contributed by atoms with van der Waals surface area (Å²) in [6.45, 7) is 2.75. The van der Waals surface area contributed by atoms with Crippen molar-refractivity contribution in [2.75, 3.05) is 17.6 Å². The summed E-state index contributed by atoms with van der Waals surface area (Å²) in [5.41, 5.74) is 7.87. The number of nitrogens with two attached hydrogens (primary N) is 1. The summed E-state index contributed by atoms with van der Waals surface area (Å²) in [7, 11) is 0. The van der Waals surface area contributed by atoms with Crippen molar-refractivity contribution in [3.8, 4) is 11.4 Å². The number of aromatic nitrogens is 5. The molecule has 0 aromatic carbocycles. The van der Waals surface area contributed by atoms with Crippen LogP contribution in [0.1, 0.15) is 6.92 Å². The van der Waals surface area contributed by atoms with Crippen LogP contribution in [-0.2, 0) is 0 Å². The van der Waals surface area contributed by atoms with E-state index >= 15 is 0 Å². The fraction of sp³-hybridized carbons (Fsp3) is 0.167. The maximum Gasteiger partial charge on any atom is 0.224 e. The van der Waals surface area contributed by atoms with Crippen LogP contribution in [0.15, 0.2) is 24.4 Å². The molecule has 0 saturated carbocycles. The molecule has 0 fully saturated rings. The highest BCUT2D eigenvalue weighted by atomic mass is 15.1. The Bertz CT molecular complexity index is 705. The lowest BCUT2D eigenvalue weighted by Gasteiger charge is -2.07. The summed E-state index contributed by atoms with van der Waals surface area (Å²) in [5.74, 6) is 0.909. The zero-order valence-corrected chi connectivity index (χ0v) is 10.4. The van der Waals surface area contributed by atoms with Gasteiger partial charge in [-0.2, -0.15) is 15.1 Å². The number of nitrogens with one attached hydrogen (secondary N) is 2. The second-order valence-electron chi connectivity index (χ2n) is 4.00. The third kappa shape index (κ3) is 2.05. The van der Waals surface area contributed by atoms with E-state index in [-0.39, 0.29) is 5.95 Å². The van der Waals surface area contributed by atoms with E-state index < -0.39 is 0 Å². The fourth-order valence-electron chi connectivity index (χ4n) is 1.88. The molecule has 3 heterocycles. The number of pyridine rings is 1. The standard InChI is InChI=1S/C12H13N7/c1-2-14-10-7-3-4-8(9-5-6-15-19-9)16-11(7)18-12(13)17-10/h3-6H,2H2,1H3,(H,15,19)(H3,13,14,16,17,18). The van der Waals surface area contributed by atoms with Gasteiger partial charge < -0.3 is 11.1 Å². The third-order valence-electron chi connectivity index (χ3n) is 2.70. The minimum absolute atomic E-state index is 0.206. The van der Waals surface area contributed by atoms with Crippen LogP contribution < -0.4 is 11.1 Å². The molecule has 0 aliphatic rings. The Balaban J connectivity index is 2.18. The molecule has 0 radical (unpaired) electrons. The summed E-state index contributed by atoms with van der Waals surface area (Å²) in [6, 6.07) is 5.68. The van der Waals surface area contributed by atoms with E-state index in [0.717, 1.165) is 23.3 Å². The molecular formula is C12H13N7.